The molecule has 0 radical (unpaired) electrons. The van der Waals surface area contributed by atoms with Crippen LogP contribution in [0.25, 0.3) is 0 Å². The summed E-state index contributed by atoms with van der Waals surface area (Å²) in [5.74, 6) is -0.188. The molecule has 0 aromatic heterocycles. The van der Waals surface area contributed by atoms with Crippen molar-refractivity contribution in [3.8, 4) is 0 Å². The van der Waals surface area contributed by atoms with Crippen LogP contribution in [0, 0.1) is 5.92 Å². The Bertz CT molecular complexity index is 852. The van der Waals surface area contributed by atoms with Crippen LogP contribution in [0.5, 0.6) is 0 Å². The van der Waals surface area contributed by atoms with E-state index in [4.69, 9.17) is 9.47 Å². The smallest absolute Gasteiger partial charge is 0.414 e. The van der Waals surface area contributed by atoms with Gasteiger partial charge >= 0.3 is 12.1 Å². The first-order valence-electron chi connectivity index (χ1n) is 12.0. The fourth-order valence-corrected chi connectivity index (χ4v) is 5.37. The van der Waals surface area contributed by atoms with E-state index < -0.39 is 0 Å². The Balaban J connectivity index is 1.66. The highest BCUT2D eigenvalue weighted by atomic mass is 16.6. The van der Waals surface area contributed by atoms with Gasteiger partial charge < -0.3 is 14.4 Å². The van der Waals surface area contributed by atoms with Gasteiger partial charge in [-0.15, -0.1) is 0 Å². The molecule has 3 atom stereocenters. The van der Waals surface area contributed by atoms with Gasteiger partial charge in [0.05, 0.1) is 31.9 Å². The number of unbranched alkanes of at least 4 members (excludes halogenated alkanes) is 1. The Morgan fingerprint density at radius 2 is 1.88 bits per heavy atom. The lowest BCUT2D eigenvalue weighted by atomic mass is 9.81. The van der Waals surface area contributed by atoms with E-state index in [9.17, 15) is 14.4 Å². The van der Waals surface area contributed by atoms with Crippen molar-refractivity contribution < 1.29 is 23.9 Å². The number of carbonyl (C=O) groups is 3. The van der Waals surface area contributed by atoms with Crippen molar-refractivity contribution in [3.63, 3.8) is 0 Å². The average Bonchev–Trinajstić information content (AvgIpc) is 3.52. The molecule has 1 aromatic rings. The largest absolute Gasteiger partial charge is 0.469 e. The van der Waals surface area contributed by atoms with Crippen molar-refractivity contribution in [3.05, 3.63) is 29.8 Å². The first kappa shape index (κ1) is 22.6. The van der Waals surface area contributed by atoms with Gasteiger partial charge in [-0.1, -0.05) is 38.0 Å². The minimum absolute atomic E-state index is 0.00215. The van der Waals surface area contributed by atoms with E-state index in [-0.39, 0.29) is 54.9 Å². The molecule has 3 unspecified atom stereocenters. The van der Waals surface area contributed by atoms with Crippen LogP contribution in [-0.2, 0) is 19.1 Å². The summed E-state index contributed by atoms with van der Waals surface area (Å²) < 4.78 is 10.4. The molecule has 4 rings (SSSR count). The van der Waals surface area contributed by atoms with E-state index in [1.165, 1.54) is 7.11 Å². The number of ether oxygens (including phenoxy) is 2. The number of methoxy groups -OCH3 is 1. The number of hydrogen-bond donors (Lipinski definition) is 0. The number of anilines is 1. The second-order valence-corrected chi connectivity index (χ2v) is 9.11. The third-order valence-corrected chi connectivity index (χ3v) is 7.00. The number of amides is 2. The Morgan fingerprint density at radius 1 is 1.09 bits per heavy atom. The van der Waals surface area contributed by atoms with Crippen LogP contribution in [0.15, 0.2) is 24.3 Å². The Hall–Kier alpha value is -2.57. The minimum atomic E-state index is -0.363. The van der Waals surface area contributed by atoms with Crippen LogP contribution < -0.4 is 4.90 Å². The molecule has 2 saturated carbocycles. The average molecular weight is 443 g/mol. The van der Waals surface area contributed by atoms with Crippen molar-refractivity contribution in [1.82, 2.24) is 4.90 Å². The normalized spacial score (nSPS) is 23.8. The second-order valence-electron chi connectivity index (χ2n) is 9.11. The Kier molecular flexibility index (Phi) is 7.01. The van der Waals surface area contributed by atoms with E-state index in [2.05, 4.69) is 6.92 Å². The van der Waals surface area contributed by atoms with Gasteiger partial charge in [-0.25, -0.2) is 4.79 Å². The molecule has 0 saturated heterocycles. The van der Waals surface area contributed by atoms with E-state index in [1.807, 2.05) is 34.1 Å². The lowest BCUT2D eigenvalue weighted by Gasteiger charge is -2.47. The van der Waals surface area contributed by atoms with E-state index in [0.717, 1.165) is 56.2 Å². The van der Waals surface area contributed by atoms with Crippen LogP contribution in [0.4, 0.5) is 10.5 Å². The predicted molar refractivity (Wildman–Crippen MR) is 120 cm³/mol. The molecule has 1 heterocycles. The SMILES string of the molecule is CCCCOC(=O)N1c2ccccc2C(N(C(=O)CCC(=O)OC)C2CC2)C2CCCC21. The number of esters is 1. The molecule has 0 bridgehead atoms. The highest BCUT2D eigenvalue weighted by Gasteiger charge is 2.51. The number of fused-ring (bicyclic) bond motifs is 2. The molecule has 174 valence electrons. The van der Waals surface area contributed by atoms with Crippen molar-refractivity contribution >= 4 is 23.7 Å². The minimum Gasteiger partial charge on any atom is -0.469 e. The summed E-state index contributed by atoms with van der Waals surface area (Å²) in [7, 11) is 1.35. The maximum absolute atomic E-state index is 13.3. The lowest BCUT2D eigenvalue weighted by molar-refractivity contribution is -0.145. The number of benzene rings is 1. The summed E-state index contributed by atoms with van der Waals surface area (Å²) in [4.78, 5) is 42.0. The summed E-state index contributed by atoms with van der Waals surface area (Å²) in [6.07, 6.45) is 6.67. The van der Waals surface area contributed by atoms with Crippen LogP contribution in [-0.4, -0.2) is 48.7 Å². The second kappa shape index (κ2) is 9.92. The van der Waals surface area contributed by atoms with Gasteiger partial charge in [0.1, 0.15) is 0 Å². The lowest BCUT2D eigenvalue weighted by Crippen LogP contribution is -2.53. The maximum Gasteiger partial charge on any atom is 0.414 e. The number of carbonyl (C=O) groups excluding carboxylic acids is 3. The quantitative estimate of drug-likeness (QED) is 0.434. The van der Waals surface area contributed by atoms with Crippen LogP contribution >= 0.6 is 0 Å². The molecule has 0 N–H and O–H groups in total. The molecule has 2 aliphatic carbocycles. The van der Waals surface area contributed by atoms with Gasteiger partial charge in [0, 0.05) is 24.4 Å². The van der Waals surface area contributed by atoms with E-state index >= 15 is 0 Å². The molecule has 2 amide bonds. The molecule has 32 heavy (non-hydrogen) atoms. The maximum atomic E-state index is 13.3. The van der Waals surface area contributed by atoms with E-state index in [0.29, 0.717) is 6.61 Å². The number of hydrogen-bond acceptors (Lipinski definition) is 5. The van der Waals surface area contributed by atoms with Gasteiger partial charge in [0.15, 0.2) is 0 Å². The predicted octanol–water partition coefficient (Wildman–Crippen LogP) is 4.60. The van der Waals surface area contributed by atoms with Crippen molar-refractivity contribution in [2.45, 2.75) is 82.8 Å². The first-order chi connectivity index (χ1) is 15.6. The summed E-state index contributed by atoms with van der Waals surface area (Å²) in [5.41, 5.74) is 1.87. The topological polar surface area (TPSA) is 76.2 Å². The monoisotopic (exact) mass is 442 g/mol. The zero-order valence-electron chi connectivity index (χ0n) is 19.1. The highest BCUT2D eigenvalue weighted by Crippen LogP contribution is 2.52. The summed E-state index contributed by atoms with van der Waals surface area (Å²) in [6.45, 7) is 2.50. The zero-order chi connectivity index (χ0) is 22.7. The molecule has 3 aliphatic rings. The number of para-hydroxylation sites is 1. The van der Waals surface area contributed by atoms with Gasteiger partial charge in [0.25, 0.3) is 0 Å². The molecule has 0 spiro atoms. The number of nitrogens with zero attached hydrogens (tertiary/aromatic N) is 2. The molecule has 1 aliphatic heterocycles. The molecule has 7 heteroatoms. The molecule has 2 fully saturated rings. The van der Waals surface area contributed by atoms with Crippen LogP contribution in [0.1, 0.15) is 76.3 Å². The van der Waals surface area contributed by atoms with Gasteiger partial charge in [-0.3, -0.25) is 14.5 Å². The third-order valence-electron chi connectivity index (χ3n) is 7.00. The Labute approximate surface area is 190 Å². The fraction of sp³-hybridized carbons (Fsp3) is 0.640. The van der Waals surface area contributed by atoms with Crippen LogP contribution in [0.2, 0.25) is 0 Å². The van der Waals surface area contributed by atoms with E-state index in [1.54, 1.807) is 0 Å². The first-order valence-corrected chi connectivity index (χ1v) is 12.0. The molecular formula is C25H34N2O5. The van der Waals surface area contributed by atoms with Crippen molar-refractivity contribution in [1.29, 1.82) is 0 Å². The van der Waals surface area contributed by atoms with Gasteiger partial charge in [0.2, 0.25) is 5.91 Å². The summed E-state index contributed by atoms with van der Waals surface area (Å²) in [5, 5.41) is 0. The summed E-state index contributed by atoms with van der Waals surface area (Å²) in [6, 6.07) is 8.10. The van der Waals surface area contributed by atoms with Crippen molar-refractivity contribution in [2.24, 2.45) is 5.92 Å². The standard InChI is InChI=1S/C25H34N2O5/c1-3-4-16-32-25(30)27-20-10-6-5-8-18(20)24(19-9-7-11-21(19)27)26(17-12-13-17)22(28)14-15-23(29)31-2/h5-6,8,10,17,19,21,24H,3-4,7,9,11-16H2,1-2H3. The van der Waals surface area contributed by atoms with Gasteiger partial charge in [-0.2, -0.15) is 0 Å². The highest BCUT2D eigenvalue weighted by molar-refractivity contribution is 5.91. The molecule has 7 nitrogen and oxygen atoms in total. The third kappa shape index (κ3) is 4.48. The van der Waals surface area contributed by atoms with Crippen LogP contribution in [0.3, 0.4) is 0 Å². The van der Waals surface area contributed by atoms with Gasteiger partial charge in [-0.05, 0) is 43.7 Å². The van der Waals surface area contributed by atoms with Crippen molar-refractivity contribution in [2.75, 3.05) is 18.6 Å². The number of rotatable bonds is 8. The summed E-state index contributed by atoms with van der Waals surface area (Å²) >= 11 is 0. The molecular weight excluding hydrogens is 408 g/mol. The molecule has 1 aromatic carbocycles. The zero-order valence-corrected chi connectivity index (χ0v) is 19.1. The Morgan fingerprint density at radius 3 is 2.59 bits per heavy atom. The fourth-order valence-electron chi connectivity index (χ4n) is 5.37.